The van der Waals surface area contributed by atoms with Gasteiger partial charge < -0.3 is 15.1 Å². The number of hydrogen-bond acceptors (Lipinski definition) is 3. The van der Waals surface area contributed by atoms with Crippen molar-refractivity contribution in [3.63, 3.8) is 0 Å². The summed E-state index contributed by atoms with van der Waals surface area (Å²) in [4.78, 5) is 14.7. The number of benzene rings is 1. The van der Waals surface area contributed by atoms with Gasteiger partial charge in [-0.3, -0.25) is 4.79 Å². The first-order valence-electron chi connectivity index (χ1n) is 8.25. The van der Waals surface area contributed by atoms with Crippen LogP contribution in [-0.4, -0.2) is 16.8 Å². The van der Waals surface area contributed by atoms with Crippen molar-refractivity contribution in [1.29, 1.82) is 0 Å². The standard InChI is InChI=1S/C19H24N2O2/c1-13(2)15-5-3-14(4-6-15)11-21(17-7-8-17)19(22)16-9-18(10-20)23-12-16/h3-6,9,12-13,17H,7-8,10-11,20H2,1-2H3. The van der Waals surface area contributed by atoms with E-state index in [0.717, 1.165) is 18.4 Å². The molecule has 1 aliphatic rings. The third kappa shape index (κ3) is 3.64. The van der Waals surface area contributed by atoms with Gasteiger partial charge in [0.25, 0.3) is 5.91 Å². The molecule has 0 spiro atoms. The number of nitrogens with zero attached hydrogens (tertiary/aromatic N) is 1. The van der Waals surface area contributed by atoms with E-state index >= 15 is 0 Å². The molecule has 1 saturated carbocycles. The van der Waals surface area contributed by atoms with E-state index in [2.05, 4.69) is 38.1 Å². The Labute approximate surface area is 137 Å². The zero-order valence-electron chi connectivity index (χ0n) is 13.8. The molecule has 0 saturated heterocycles. The Morgan fingerprint density at radius 3 is 2.52 bits per heavy atom. The van der Waals surface area contributed by atoms with Gasteiger partial charge in [0.05, 0.1) is 12.1 Å². The predicted molar refractivity (Wildman–Crippen MR) is 90.0 cm³/mol. The topological polar surface area (TPSA) is 59.5 Å². The number of amides is 1. The van der Waals surface area contributed by atoms with Crippen LogP contribution in [0.2, 0.25) is 0 Å². The smallest absolute Gasteiger partial charge is 0.257 e. The Morgan fingerprint density at radius 1 is 1.30 bits per heavy atom. The molecule has 1 aromatic heterocycles. The largest absolute Gasteiger partial charge is 0.467 e. The van der Waals surface area contributed by atoms with Crippen LogP contribution in [0.25, 0.3) is 0 Å². The molecule has 0 bridgehead atoms. The summed E-state index contributed by atoms with van der Waals surface area (Å²) in [7, 11) is 0. The Bertz CT molecular complexity index is 669. The molecule has 0 aliphatic heterocycles. The van der Waals surface area contributed by atoms with Crippen molar-refractivity contribution in [2.75, 3.05) is 0 Å². The Morgan fingerprint density at radius 2 is 2.00 bits per heavy atom. The molecule has 1 fully saturated rings. The average molecular weight is 312 g/mol. The van der Waals surface area contributed by atoms with E-state index < -0.39 is 0 Å². The van der Waals surface area contributed by atoms with Crippen LogP contribution in [0.5, 0.6) is 0 Å². The zero-order chi connectivity index (χ0) is 16.4. The molecule has 4 heteroatoms. The molecule has 1 amide bonds. The van der Waals surface area contributed by atoms with E-state index in [0.29, 0.717) is 36.4 Å². The molecule has 1 aliphatic carbocycles. The van der Waals surface area contributed by atoms with Gasteiger partial charge in [0, 0.05) is 12.6 Å². The lowest BCUT2D eigenvalue weighted by molar-refractivity contribution is 0.0729. The van der Waals surface area contributed by atoms with Crippen LogP contribution < -0.4 is 5.73 Å². The van der Waals surface area contributed by atoms with Crippen molar-refractivity contribution in [1.82, 2.24) is 4.90 Å². The molecule has 0 radical (unpaired) electrons. The molecule has 0 atom stereocenters. The number of carbonyl (C=O) groups is 1. The maximum Gasteiger partial charge on any atom is 0.257 e. The molecular formula is C19H24N2O2. The highest BCUT2D eigenvalue weighted by Gasteiger charge is 2.33. The second-order valence-corrected chi connectivity index (χ2v) is 6.57. The first kappa shape index (κ1) is 15.8. The van der Waals surface area contributed by atoms with Crippen LogP contribution in [0.3, 0.4) is 0 Å². The minimum absolute atomic E-state index is 0.0314. The first-order chi connectivity index (χ1) is 11.1. The van der Waals surface area contributed by atoms with Gasteiger partial charge >= 0.3 is 0 Å². The van der Waals surface area contributed by atoms with Crippen LogP contribution in [0.15, 0.2) is 41.0 Å². The molecule has 1 heterocycles. The van der Waals surface area contributed by atoms with Gasteiger partial charge in [-0.25, -0.2) is 0 Å². The van der Waals surface area contributed by atoms with E-state index in [9.17, 15) is 4.79 Å². The van der Waals surface area contributed by atoms with Crippen molar-refractivity contribution in [3.8, 4) is 0 Å². The van der Waals surface area contributed by atoms with E-state index in [1.807, 2.05) is 4.90 Å². The highest BCUT2D eigenvalue weighted by atomic mass is 16.3. The van der Waals surface area contributed by atoms with Gasteiger partial charge in [-0.15, -0.1) is 0 Å². The van der Waals surface area contributed by atoms with E-state index in [1.54, 1.807) is 6.07 Å². The van der Waals surface area contributed by atoms with E-state index in [4.69, 9.17) is 10.2 Å². The van der Waals surface area contributed by atoms with E-state index in [-0.39, 0.29) is 5.91 Å². The first-order valence-corrected chi connectivity index (χ1v) is 8.25. The lowest BCUT2D eigenvalue weighted by Crippen LogP contribution is -2.32. The number of hydrogen-bond donors (Lipinski definition) is 1. The number of furan rings is 1. The summed E-state index contributed by atoms with van der Waals surface area (Å²) >= 11 is 0. The van der Waals surface area contributed by atoms with Gasteiger partial charge in [-0.1, -0.05) is 38.1 Å². The van der Waals surface area contributed by atoms with E-state index in [1.165, 1.54) is 11.8 Å². The fourth-order valence-electron chi connectivity index (χ4n) is 2.72. The van der Waals surface area contributed by atoms with Crippen molar-refractivity contribution in [3.05, 3.63) is 59.0 Å². The molecule has 1 aromatic carbocycles. The highest BCUT2D eigenvalue weighted by Crippen LogP contribution is 2.30. The summed E-state index contributed by atoms with van der Waals surface area (Å²) in [5, 5.41) is 0. The minimum atomic E-state index is 0.0314. The lowest BCUT2D eigenvalue weighted by Gasteiger charge is -2.22. The number of rotatable bonds is 6. The molecular weight excluding hydrogens is 288 g/mol. The van der Waals surface area contributed by atoms with Crippen molar-refractivity contribution < 1.29 is 9.21 Å². The molecule has 0 unspecified atom stereocenters. The van der Waals surface area contributed by atoms with Gasteiger partial charge in [0.2, 0.25) is 0 Å². The summed E-state index contributed by atoms with van der Waals surface area (Å²) < 4.78 is 5.31. The van der Waals surface area contributed by atoms with Crippen LogP contribution in [0, 0.1) is 0 Å². The Balaban J connectivity index is 1.75. The SMILES string of the molecule is CC(C)c1ccc(CN(C(=O)c2coc(CN)c2)C2CC2)cc1. The molecule has 23 heavy (non-hydrogen) atoms. The Kier molecular flexibility index (Phi) is 4.53. The zero-order valence-corrected chi connectivity index (χ0v) is 13.8. The summed E-state index contributed by atoms with van der Waals surface area (Å²) in [5.41, 5.74) is 8.63. The Hall–Kier alpha value is -2.07. The van der Waals surface area contributed by atoms with Gasteiger partial charge in [-0.2, -0.15) is 0 Å². The fourth-order valence-corrected chi connectivity index (χ4v) is 2.72. The molecule has 2 N–H and O–H groups in total. The predicted octanol–water partition coefficient (Wildman–Crippen LogP) is 3.67. The van der Waals surface area contributed by atoms with Crippen molar-refractivity contribution in [2.45, 2.75) is 51.7 Å². The third-order valence-corrected chi connectivity index (χ3v) is 4.35. The summed E-state index contributed by atoms with van der Waals surface area (Å²) in [5.74, 6) is 1.19. The van der Waals surface area contributed by atoms with Crippen LogP contribution in [-0.2, 0) is 13.1 Å². The molecule has 2 aromatic rings. The summed E-state index contributed by atoms with van der Waals surface area (Å²) in [6.07, 6.45) is 3.68. The van der Waals surface area contributed by atoms with Crippen molar-refractivity contribution >= 4 is 5.91 Å². The third-order valence-electron chi connectivity index (χ3n) is 4.35. The maximum atomic E-state index is 12.8. The number of carbonyl (C=O) groups excluding carboxylic acids is 1. The van der Waals surface area contributed by atoms with Crippen molar-refractivity contribution in [2.24, 2.45) is 5.73 Å². The summed E-state index contributed by atoms with van der Waals surface area (Å²) in [6.45, 7) is 5.32. The monoisotopic (exact) mass is 312 g/mol. The summed E-state index contributed by atoms with van der Waals surface area (Å²) in [6, 6.07) is 10.7. The highest BCUT2D eigenvalue weighted by molar-refractivity contribution is 5.94. The van der Waals surface area contributed by atoms with Gasteiger partial charge in [-0.05, 0) is 36.0 Å². The average Bonchev–Trinajstić information content (AvgIpc) is 3.28. The molecule has 122 valence electrons. The fraction of sp³-hybridized carbons (Fsp3) is 0.421. The van der Waals surface area contributed by atoms with Gasteiger partial charge in [0.15, 0.2) is 0 Å². The second-order valence-electron chi connectivity index (χ2n) is 6.57. The second kappa shape index (κ2) is 6.59. The quantitative estimate of drug-likeness (QED) is 0.885. The molecule has 3 rings (SSSR count). The van der Waals surface area contributed by atoms with Crippen LogP contribution >= 0.6 is 0 Å². The van der Waals surface area contributed by atoms with Crippen LogP contribution in [0.4, 0.5) is 0 Å². The van der Waals surface area contributed by atoms with Crippen LogP contribution in [0.1, 0.15) is 59.9 Å². The number of nitrogens with two attached hydrogens (primary N) is 1. The van der Waals surface area contributed by atoms with Gasteiger partial charge in [0.1, 0.15) is 12.0 Å². The minimum Gasteiger partial charge on any atom is -0.467 e. The molecule has 4 nitrogen and oxygen atoms in total. The normalized spacial score (nSPS) is 14.3. The maximum absolute atomic E-state index is 12.8. The lowest BCUT2D eigenvalue weighted by atomic mass is 10.0.